The number of hydrogen-bond acceptors (Lipinski definition) is 7. The van der Waals surface area contributed by atoms with E-state index in [1.165, 1.54) is 5.56 Å². The summed E-state index contributed by atoms with van der Waals surface area (Å²) in [6.45, 7) is 5.52. The molecular weight excluding hydrogens is 400 g/mol. The number of aromatic nitrogens is 3. The number of nitrogens with one attached hydrogen (secondary N) is 1. The molecule has 1 amide bonds. The smallest absolute Gasteiger partial charge is 0.408 e. The Morgan fingerprint density at radius 3 is 2.60 bits per heavy atom. The summed E-state index contributed by atoms with van der Waals surface area (Å²) >= 11 is 1.61. The topological polar surface area (TPSA) is 90.1 Å². The SMILES string of the molecule is CC(C)(C)OC(=O)NCc1nnc(Cc2nc3ccc(-c4ccccc4)cc3s2)o1. The van der Waals surface area contributed by atoms with Crippen LogP contribution in [0.4, 0.5) is 4.79 Å². The summed E-state index contributed by atoms with van der Waals surface area (Å²) in [5.74, 6) is 0.779. The number of benzene rings is 2. The van der Waals surface area contributed by atoms with E-state index in [1.807, 2.05) is 24.3 Å². The van der Waals surface area contributed by atoms with Gasteiger partial charge in [-0.1, -0.05) is 36.4 Å². The molecule has 1 N–H and O–H groups in total. The van der Waals surface area contributed by atoms with Gasteiger partial charge < -0.3 is 14.5 Å². The Balaban J connectivity index is 1.41. The summed E-state index contributed by atoms with van der Waals surface area (Å²) in [4.78, 5) is 16.4. The van der Waals surface area contributed by atoms with Gasteiger partial charge in [-0.2, -0.15) is 0 Å². The first kappa shape index (κ1) is 20.0. The lowest BCUT2D eigenvalue weighted by atomic mass is 10.1. The maximum Gasteiger partial charge on any atom is 0.408 e. The Kier molecular flexibility index (Phi) is 5.50. The molecule has 0 unspecified atom stereocenters. The van der Waals surface area contributed by atoms with Gasteiger partial charge >= 0.3 is 6.09 Å². The van der Waals surface area contributed by atoms with E-state index in [-0.39, 0.29) is 6.54 Å². The van der Waals surface area contributed by atoms with Crippen LogP contribution >= 0.6 is 11.3 Å². The highest BCUT2D eigenvalue weighted by atomic mass is 32.1. The fraction of sp³-hybridized carbons (Fsp3) is 0.273. The van der Waals surface area contributed by atoms with Crippen molar-refractivity contribution in [2.24, 2.45) is 0 Å². The predicted octanol–water partition coefficient (Wildman–Crippen LogP) is 4.96. The number of alkyl carbamates (subject to hydrolysis) is 1. The van der Waals surface area contributed by atoms with Crippen LogP contribution in [0.2, 0.25) is 0 Å². The van der Waals surface area contributed by atoms with E-state index in [0.29, 0.717) is 18.2 Å². The third kappa shape index (κ3) is 5.01. The fourth-order valence-electron chi connectivity index (χ4n) is 2.88. The lowest BCUT2D eigenvalue weighted by Crippen LogP contribution is -2.32. The van der Waals surface area contributed by atoms with Gasteiger partial charge in [-0.25, -0.2) is 9.78 Å². The Morgan fingerprint density at radius 2 is 1.83 bits per heavy atom. The molecule has 0 radical (unpaired) electrons. The van der Waals surface area contributed by atoms with Crippen LogP contribution in [0.1, 0.15) is 37.6 Å². The van der Waals surface area contributed by atoms with Crippen molar-refractivity contribution in [2.75, 3.05) is 0 Å². The Morgan fingerprint density at radius 1 is 1.07 bits per heavy atom. The molecule has 0 aliphatic heterocycles. The van der Waals surface area contributed by atoms with E-state index < -0.39 is 11.7 Å². The first-order valence-electron chi connectivity index (χ1n) is 9.59. The summed E-state index contributed by atoms with van der Waals surface area (Å²) in [6, 6.07) is 16.5. The Labute approximate surface area is 178 Å². The second-order valence-corrected chi connectivity index (χ2v) is 8.89. The first-order chi connectivity index (χ1) is 14.4. The second-order valence-electron chi connectivity index (χ2n) is 7.78. The number of rotatable bonds is 5. The van der Waals surface area contributed by atoms with Crippen LogP contribution in [0.5, 0.6) is 0 Å². The van der Waals surface area contributed by atoms with Crippen LogP contribution in [0, 0.1) is 0 Å². The van der Waals surface area contributed by atoms with E-state index in [4.69, 9.17) is 9.15 Å². The zero-order chi connectivity index (χ0) is 21.1. The van der Waals surface area contributed by atoms with Gasteiger partial charge in [0, 0.05) is 0 Å². The van der Waals surface area contributed by atoms with Crippen LogP contribution in [0.15, 0.2) is 52.9 Å². The molecule has 0 aliphatic carbocycles. The summed E-state index contributed by atoms with van der Waals surface area (Å²) in [7, 11) is 0. The molecule has 2 aromatic carbocycles. The minimum Gasteiger partial charge on any atom is -0.444 e. The van der Waals surface area contributed by atoms with Gasteiger partial charge in [0.1, 0.15) is 10.6 Å². The molecule has 0 bridgehead atoms. The average molecular weight is 423 g/mol. The zero-order valence-corrected chi connectivity index (χ0v) is 17.8. The lowest BCUT2D eigenvalue weighted by Gasteiger charge is -2.19. The maximum absolute atomic E-state index is 11.7. The highest BCUT2D eigenvalue weighted by Crippen LogP contribution is 2.29. The van der Waals surface area contributed by atoms with Crippen molar-refractivity contribution in [3.05, 3.63) is 65.3 Å². The number of carbonyl (C=O) groups excluding carboxylic acids is 1. The molecule has 2 aromatic heterocycles. The van der Waals surface area contributed by atoms with Crippen LogP contribution < -0.4 is 5.32 Å². The quantitative estimate of drug-likeness (QED) is 0.489. The molecule has 4 aromatic rings. The van der Waals surface area contributed by atoms with Crippen molar-refractivity contribution in [1.82, 2.24) is 20.5 Å². The van der Waals surface area contributed by atoms with Gasteiger partial charge in [-0.15, -0.1) is 21.5 Å². The molecule has 30 heavy (non-hydrogen) atoms. The molecule has 8 heteroatoms. The molecule has 0 fully saturated rings. The molecule has 0 aliphatic rings. The normalized spacial score (nSPS) is 11.6. The average Bonchev–Trinajstić information content (AvgIpc) is 3.31. The number of carbonyl (C=O) groups is 1. The molecule has 0 atom stereocenters. The van der Waals surface area contributed by atoms with Gasteiger partial charge in [0.25, 0.3) is 0 Å². The molecule has 0 saturated carbocycles. The number of hydrogen-bond donors (Lipinski definition) is 1. The van der Waals surface area contributed by atoms with Crippen molar-refractivity contribution >= 4 is 27.6 Å². The van der Waals surface area contributed by atoms with E-state index in [0.717, 1.165) is 20.8 Å². The van der Waals surface area contributed by atoms with Gasteiger partial charge in [0.2, 0.25) is 11.8 Å². The molecule has 0 saturated heterocycles. The summed E-state index contributed by atoms with van der Waals surface area (Å²) in [6.07, 6.45) is -0.0814. The molecular formula is C22H22N4O3S. The fourth-order valence-corrected chi connectivity index (χ4v) is 3.88. The summed E-state index contributed by atoms with van der Waals surface area (Å²) in [5.41, 5.74) is 2.72. The van der Waals surface area contributed by atoms with Crippen LogP contribution in [-0.4, -0.2) is 26.9 Å². The minimum atomic E-state index is -0.558. The summed E-state index contributed by atoms with van der Waals surface area (Å²) < 4.78 is 11.9. The molecule has 0 spiro atoms. The summed E-state index contributed by atoms with van der Waals surface area (Å²) in [5, 5.41) is 11.5. The Hall–Kier alpha value is -3.26. The van der Waals surface area contributed by atoms with Gasteiger partial charge in [0.15, 0.2) is 0 Å². The van der Waals surface area contributed by atoms with Crippen LogP contribution in [0.3, 0.4) is 0 Å². The monoisotopic (exact) mass is 422 g/mol. The zero-order valence-electron chi connectivity index (χ0n) is 17.0. The van der Waals surface area contributed by atoms with Crippen LogP contribution in [0.25, 0.3) is 21.3 Å². The Bertz CT molecular complexity index is 1160. The third-order valence-corrected chi connectivity index (χ3v) is 5.15. The number of fused-ring (bicyclic) bond motifs is 1. The van der Waals surface area contributed by atoms with Gasteiger partial charge in [-0.3, -0.25) is 0 Å². The number of ether oxygens (including phenoxy) is 1. The van der Waals surface area contributed by atoms with Crippen LogP contribution in [-0.2, 0) is 17.7 Å². The first-order valence-corrected chi connectivity index (χ1v) is 10.4. The van der Waals surface area contributed by atoms with E-state index in [9.17, 15) is 4.79 Å². The van der Waals surface area contributed by atoms with Crippen molar-refractivity contribution in [1.29, 1.82) is 0 Å². The number of nitrogens with zero attached hydrogens (tertiary/aromatic N) is 3. The highest BCUT2D eigenvalue weighted by molar-refractivity contribution is 7.18. The number of amides is 1. The maximum atomic E-state index is 11.7. The molecule has 2 heterocycles. The van der Waals surface area contributed by atoms with Gasteiger partial charge in [0.05, 0.1) is 23.2 Å². The van der Waals surface area contributed by atoms with Crippen molar-refractivity contribution < 1.29 is 13.9 Å². The number of thiazole rings is 1. The molecule has 154 valence electrons. The van der Waals surface area contributed by atoms with E-state index >= 15 is 0 Å². The molecule has 7 nitrogen and oxygen atoms in total. The standard InChI is InChI=1S/C22H22N4O3S/c1-22(2,3)29-21(27)23-13-19-26-25-18(28-19)12-20-24-16-10-9-15(11-17(16)30-20)14-7-5-4-6-8-14/h4-11H,12-13H2,1-3H3,(H,23,27). The van der Waals surface area contributed by atoms with Crippen molar-refractivity contribution in [3.8, 4) is 11.1 Å². The highest BCUT2D eigenvalue weighted by Gasteiger charge is 2.17. The predicted molar refractivity (Wildman–Crippen MR) is 115 cm³/mol. The van der Waals surface area contributed by atoms with Crippen molar-refractivity contribution in [3.63, 3.8) is 0 Å². The molecule has 4 rings (SSSR count). The third-order valence-electron chi connectivity index (χ3n) is 4.13. The second kappa shape index (κ2) is 8.23. The minimum absolute atomic E-state index is 0.113. The van der Waals surface area contributed by atoms with E-state index in [1.54, 1.807) is 32.1 Å². The van der Waals surface area contributed by atoms with E-state index in [2.05, 4.69) is 44.8 Å². The largest absolute Gasteiger partial charge is 0.444 e. The van der Waals surface area contributed by atoms with Crippen molar-refractivity contribution in [2.45, 2.75) is 39.3 Å². The van der Waals surface area contributed by atoms with Gasteiger partial charge in [-0.05, 0) is 44.0 Å². The lowest BCUT2D eigenvalue weighted by molar-refractivity contribution is 0.0518.